The van der Waals surface area contributed by atoms with Crippen molar-refractivity contribution in [3.8, 4) is 0 Å². The van der Waals surface area contributed by atoms with Gasteiger partial charge < -0.3 is 10.4 Å². The summed E-state index contributed by atoms with van der Waals surface area (Å²) in [7, 11) is 0. The van der Waals surface area contributed by atoms with Crippen LogP contribution in [0.25, 0.3) is 0 Å². The summed E-state index contributed by atoms with van der Waals surface area (Å²) in [5, 5.41) is 11.4. The number of carbonyl (C=O) groups is 2. The molecule has 5 nitrogen and oxygen atoms in total. The maximum Gasteiger partial charge on any atom is 0.328 e. The zero-order chi connectivity index (χ0) is 13.4. The van der Waals surface area contributed by atoms with Gasteiger partial charge >= 0.3 is 5.97 Å². The minimum absolute atomic E-state index is 0.0371. The van der Waals surface area contributed by atoms with Crippen LogP contribution in [0.15, 0.2) is 11.6 Å². The van der Waals surface area contributed by atoms with Crippen molar-refractivity contribution < 1.29 is 14.7 Å². The fourth-order valence-electron chi connectivity index (χ4n) is 1.46. The molecule has 0 aromatic rings. The smallest absolute Gasteiger partial charge is 0.328 e. The Balaban J connectivity index is 4.25. The number of nitrogens with one attached hydrogen (secondary N) is 1. The first-order valence-corrected chi connectivity index (χ1v) is 5.77. The van der Waals surface area contributed by atoms with Crippen molar-refractivity contribution in [3.05, 3.63) is 11.6 Å². The minimum atomic E-state index is -0.954. The normalized spacial score (nSPS) is 12.0. The first-order chi connectivity index (χ1) is 7.85. The zero-order valence-electron chi connectivity index (χ0n) is 11.0. The van der Waals surface area contributed by atoms with Crippen molar-refractivity contribution in [1.29, 1.82) is 0 Å². The van der Waals surface area contributed by atoms with E-state index >= 15 is 0 Å². The van der Waals surface area contributed by atoms with Gasteiger partial charge in [-0.05, 0) is 27.3 Å². The summed E-state index contributed by atoms with van der Waals surface area (Å²) in [5.41, 5.74) is 0.733. The van der Waals surface area contributed by atoms with E-state index in [1.54, 1.807) is 6.92 Å². The second-order valence-corrected chi connectivity index (χ2v) is 4.35. The molecular formula is C12H22N2O3. The summed E-state index contributed by atoms with van der Waals surface area (Å²) < 4.78 is 0. The van der Waals surface area contributed by atoms with E-state index in [-0.39, 0.29) is 11.9 Å². The van der Waals surface area contributed by atoms with Crippen molar-refractivity contribution in [2.24, 2.45) is 0 Å². The summed E-state index contributed by atoms with van der Waals surface area (Å²) in [6.07, 6.45) is 1.17. The van der Waals surface area contributed by atoms with Crippen LogP contribution in [0.3, 0.4) is 0 Å². The molecule has 0 aliphatic rings. The zero-order valence-corrected chi connectivity index (χ0v) is 11.0. The molecule has 0 aliphatic heterocycles. The molecule has 0 bridgehead atoms. The van der Waals surface area contributed by atoms with Crippen LogP contribution < -0.4 is 5.32 Å². The van der Waals surface area contributed by atoms with Crippen molar-refractivity contribution in [1.82, 2.24) is 10.2 Å². The number of hydrogen-bond acceptors (Lipinski definition) is 3. The second-order valence-electron chi connectivity index (χ2n) is 4.35. The third-order valence-corrected chi connectivity index (χ3v) is 2.11. The Morgan fingerprint density at radius 3 is 2.35 bits per heavy atom. The van der Waals surface area contributed by atoms with Crippen LogP contribution in [0.1, 0.15) is 27.7 Å². The fourth-order valence-corrected chi connectivity index (χ4v) is 1.46. The monoisotopic (exact) mass is 242 g/mol. The van der Waals surface area contributed by atoms with Gasteiger partial charge in [0.25, 0.3) is 0 Å². The van der Waals surface area contributed by atoms with Crippen molar-refractivity contribution in [3.63, 3.8) is 0 Å². The van der Waals surface area contributed by atoms with E-state index in [0.29, 0.717) is 19.6 Å². The lowest BCUT2D eigenvalue weighted by Crippen LogP contribution is -2.40. The molecule has 0 saturated heterocycles. The average molecular weight is 242 g/mol. The molecule has 0 unspecified atom stereocenters. The Hall–Kier alpha value is -1.36. The third kappa shape index (κ3) is 8.45. The minimum Gasteiger partial charge on any atom is -0.478 e. The molecular weight excluding hydrogens is 220 g/mol. The van der Waals surface area contributed by atoms with Gasteiger partial charge in [0.2, 0.25) is 5.91 Å². The third-order valence-electron chi connectivity index (χ3n) is 2.11. The van der Waals surface area contributed by atoms with Crippen LogP contribution >= 0.6 is 0 Å². The van der Waals surface area contributed by atoms with Gasteiger partial charge in [0, 0.05) is 18.7 Å². The quantitative estimate of drug-likeness (QED) is 0.650. The van der Waals surface area contributed by atoms with Crippen molar-refractivity contribution >= 4 is 11.9 Å². The summed E-state index contributed by atoms with van der Waals surface area (Å²) in [5.74, 6) is -0.991. The Kier molecular flexibility index (Phi) is 7.21. The van der Waals surface area contributed by atoms with Crippen molar-refractivity contribution in [2.45, 2.75) is 33.7 Å². The number of carbonyl (C=O) groups excluding carboxylic acids is 1. The number of carboxylic acid groups (broad SMARTS) is 1. The lowest BCUT2D eigenvalue weighted by Gasteiger charge is -2.20. The highest BCUT2D eigenvalue weighted by molar-refractivity contribution is 5.80. The number of hydrogen-bond donors (Lipinski definition) is 2. The number of aliphatic carboxylic acids is 1. The fraction of sp³-hybridized carbons (Fsp3) is 0.667. The van der Waals surface area contributed by atoms with E-state index in [4.69, 9.17) is 5.11 Å². The Labute approximate surface area is 102 Å². The van der Waals surface area contributed by atoms with Gasteiger partial charge in [-0.2, -0.15) is 0 Å². The van der Waals surface area contributed by atoms with E-state index < -0.39 is 5.97 Å². The van der Waals surface area contributed by atoms with Crippen LogP contribution in [0.5, 0.6) is 0 Å². The molecule has 0 aliphatic carbocycles. The first-order valence-electron chi connectivity index (χ1n) is 5.77. The number of rotatable bonds is 7. The average Bonchev–Trinajstić information content (AvgIpc) is 2.13. The molecule has 98 valence electrons. The molecule has 0 radical (unpaired) electrons. The molecule has 0 rings (SSSR count). The summed E-state index contributed by atoms with van der Waals surface area (Å²) in [4.78, 5) is 23.9. The van der Waals surface area contributed by atoms with E-state index in [1.807, 2.05) is 25.7 Å². The highest BCUT2D eigenvalue weighted by Gasteiger charge is 2.10. The second kappa shape index (κ2) is 7.84. The lowest BCUT2D eigenvalue weighted by atomic mass is 10.2. The number of nitrogens with zero attached hydrogens (tertiary/aromatic N) is 1. The largest absolute Gasteiger partial charge is 0.478 e. The van der Waals surface area contributed by atoms with Crippen LogP contribution in [0, 0.1) is 0 Å². The predicted molar refractivity (Wildman–Crippen MR) is 66.8 cm³/mol. The maximum absolute atomic E-state index is 11.5. The molecule has 17 heavy (non-hydrogen) atoms. The lowest BCUT2D eigenvalue weighted by molar-refractivity contribution is -0.131. The van der Waals surface area contributed by atoms with Gasteiger partial charge in [-0.25, -0.2) is 4.79 Å². The van der Waals surface area contributed by atoms with Gasteiger partial charge in [0.05, 0.1) is 6.54 Å². The van der Waals surface area contributed by atoms with E-state index in [0.717, 1.165) is 5.57 Å². The van der Waals surface area contributed by atoms with Crippen LogP contribution in [0.2, 0.25) is 0 Å². The van der Waals surface area contributed by atoms with Gasteiger partial charge in [0.1, 0.15) is 0 Å². The summed E-state index contributed by atoms with van der Waals surface area (Å²) in [6.45, 7) is 8.99. The van der Waals surface area contributed by atoms with Gasteiger partial charge in [-0.15, -0.1) is 0 Å². The highest BCUT2D eigenvalue weighted by atomic mass is 16.4. The number of amides is 1. The molecule has 0 aromatic carbocycles. The highest BCUT2D eigenvalue weighted by Crippen LogP contribution is 1.98. The molecule has 5 heteroatoms. The SMILES string of the molecule is CCN(CC(=O)NC(C)C)CC(C)=CC(=O)O. The number of carboxylic acids is 1. The maximum atomic E-state index is 11.5. The molecule has 1 amide bonds. The standard InChI is InChI=1S/C12H22N2O3/c1-5-14(7-10(4)6-12(16)17)8-11(15)13-9(2)3/h6,9H,5,7-8H2,1-4H3,(H,13,15)(H,16,17). The Bertz CT molecular complexity index is 298. The van der Waals surface area contributed by atoms with Gasteiger partial charge in [-0.1, -0.05) is 12.5 Å². The summed E-state index contributed by atoms with van der Waals surface area (Å²) >= 11 is 0. The molecule has 0 atom stereocenters. The van der Waals surface area contributed by atoms with Crippen LogP contribution in [-0.2, 0) is 9.59 Å². The number of likely N-dealkylation sites (N-methyl/N-ethyl adjacent to an activating group) is 1. The predicted octanol–water partition coefficient (Wildman–Crippen LogP) is 0.864. The molecule has 0 aromatic heterocycles. The van der Waals surface area contributed by atoms with Gasteiger partial charge in [-0.3, -0.25) is 9.69 Å². The summed E-state index contributed by atoms with van der Waals surface area (Å²) in [6, 6.07) is 0.122. The van der Waals surface area contributed by atoms with Gasteiger partial charge in [0.15, 0.2) is 0 Å². The van der Waals surface area contributed by atoms with Crippen LogP contribution in [0.4, 0.5) is 0 Å². The molecule has 0 saturated carbocycles. The first kappa shape index (κ1) is 15.6. The molecule has 0 heterocycles. The Morgan fingerprint density at radius 1 is 1.35 bits per heavy atom. The van der Waals surface area contributed by atoms with Crippen LogP contribution in [-0.4, -0.2) is 47.6 Å². The van der Waals surface area contributed by atoms with E-state index in [9.17, 15) is 9.59 Å². The molecule has 0 spiro atoms. The molecule has 2 N–H and O–H groups in total. The van der Waals surface area contributed by atoms with E-state index in [1.165, 1.54) is 6.08 Å². The van der Waals surface area contributed by atoms with E-state index in [2.05, 4.69) is 5.32 Å². The van der Waals surface area contributed by atoms with Crippen molar-refractivity contribution in [2.75, 3.05) is 19.6 Å². The topological polar surface area (TPSA) is 69.6 Å². The molecule has 0 fully saturated rings. The Morgan fingerprint density at radius 2 is 1.94 bits per heavy atom.